The van der Waals surface area contributed by atoms with Crippen LogP contribution in [0.5, 0.6) is 0 Å². The number of carboxylic acid groups (broad SMARTS) is 1. The molecule has 2 saturated heterocycles. The van der Waals surface area contributed by atoms with E-state index in [-0.39, 0.29) is 23.6 Å². The molecule has 182 valence electrons. The van der Waals surface area contributed by atoms with Crippen LogP contribution in [0.25, 0.3) is 22.2 Å². The molecule has 2 aliphatic rings. The minimum absolute atomic E-state index is 0.0108. The topological polar surface area (TPSA) is 117 Å². The van der Waals surface area contributed by atoms with Crippen molar-refractivity contribution in [3.63, 3.8) is 0 Å². The first-order chi connectivity index (χ1) is 17.0. The van der Waals surface area contributed by atoms with E-state index >= 15 is 0 Å². The summed E-state index contributed by atoms with van der Waals surface area (Å²) in [5.41, 5.74) is 3.08. The molecule has 5 rings (SSSR count). The van der Waals surface area contributed by atoms with Crippen molar-refractivity contribution in [1.29, 1.82) is 5.26 Å². The summed E-state index contributed by atoms with van der Waals surface area (Å²) < 4.78 is 7.57. The van der Waals surface area contributed by atoms with Gasteiger partial charge in [-0.25, -0.2) is 19.4 Å². The molecule has 1 unspecified atom stereocenters. The molecule has 0 amide bonds. The van der Waals surface area contributed by atoms with Crippen molar-refractivity contribution in [2.24, 2.45) is 5.92 Å². The molecule has 0 spiro atoms. The number of piperidine rings is 1. The van der Waals surface area contributed by atoms with Gasteiger partial charge in [0.15, 0.2) is 11.3 Å². The molecular weight excluding hydrogens is 444 g/mol. The van der Waals surface area contributed by atoms with Crippen molar-refractivity contribution in [2.75, 3.05) is 31.2 Å². The third kappa shape index (κ3) is 4.46. The molecule has 2 fully saturated rings. The Labute approximate surface area is 204 Å². The van der Waals surface area contributed by atoms with E-state index in [9.17, 15) is 9.90 Å². The Morgan fingerprint density at radius 1 is 1.26 bits per heavy atom. The smallest absolute Gasteiger partial charge is 0.354 e. The van der Waals surface area contributed by atoms with Crippen LogP contribution in [-0.2, 0) is 4.74 Å². The summed E-state index contributed by atoms with van der Waals surface area (Å²) in [4.78, 5) is 23.4. The number of anilines is 1. The lowest BCUT2D eigenvalue weighted by Crippen LogP contribution is -2.33. The fourth-order valence-electron chi connectivity index (χ4n) is 5.05. The Morgan fingerprint density at radius 3 is 2.66 bits per heavy atom. The lowest BCUT2D eigenvalue weighted by Gasteiger charge is -2.30. The first-order valence-electron chi connectivity index (χ1n) is 12.3. The molecule has 35 heavy (non-hydrogen) atoms. The Hall–Kier alpha value is -3.51. The third-order valence-electron chi connectivity index (χ3n) is 7.00. The molecule has 3 aromatic rings. The van der Waals surface area contributed by atoms with Crippen molar-refractivity contribution in [3.05, 3.63) is 35.8 Å². The van der Waals surface area contributed by atoms with E-state index < -0.39 is 5.97 Å². The summed E-state index contributed by atoms with van der Waals surface area (Å²) in [6, 6.07) is 7.99. The molecule has 1 atom stereocenters. The van der Waals surface area contributed by atoms with Gasteiger partial charge in [0.25, 0.3) is 0 Å². The first kappa shape index (κ1) is 23.2. The van der Waals surface area contributed by atoms with Crippen molar-refractivity contribution in [3.8, 4) is 17.2 Å². The van der Waals surface area contributed by atoms with Crippen LogP contribution in [0.1, 0.15) is 67.7 Å². The van der Waals surface area contributed by atoms with E-state index in [4.69, 9.17) is 20.1 Å². The molecule has 0 aromatic carbocycles. The van der Waals surface area contributed by atoms with Crippen molar-refractivity contribution < 1.29 is 14.6 Å². The van der Waals surface area contributed by atoms with E-state index in [1.54, 1.807) is 12.3 Å². The highest BCUT2D eigenvalue weighted by Gasteiger charge is 2.27. The van der Waals surface area contributed by atoms with Crippen LogP contribution in [-0.4, -0.2) is 57.1 Å². The van der Waals surface area contributed by atoms with Crippen LogP contribution in [0.3, 0.4) is 0 Å². The summed E-state index contributed by atoms with van der Waals surface area (Å²) in [7, 11) is 0. The lowest BCUT2D eigenvalue weighted by molar-refractivity contribution is 0.0561. The van der Waals surface area contributed by atoms with E-state index in [0.717, 1.165) is 73.4 Å². The molecular formula is C26H30N6O3. The molecule has 5 heterocycles. The largest absolute Gasteiger partial charge is 0.477 e. The number of ether oxygens (including phenoxy) is 1. The van der Waals surface area contributed by atoms with Gasteiger partial charge < -0.3 is 14.7 Å². The molecule has 2 aliphatic heterocycles. The summed E-state index contributed by atoms with van der Waals surface area (Å²) in [6.45, 7) is 7.07. The highest BCUT2D eigenvalue weighted by molar-refractivity contribution is 5.99. The summed E-state index contributed by atoms with van der Waals surface area (Å²) in [5.74, 6) is 0.0450. The van der Waals surface area contributed by atoms with Gasteiger partial charge in [0.2, 0.25) is 0 Å². The number of hydrogen-bond donors (Lipinski definition) is 1. The molecule has 9 heteroatoms. The highest BCUT2D eigenvalue weighted by atomic mass is 16.5. The average molecular weight is 475 g/mol. The zero-order valence-corrected chi connectivity index (χ0v) is 20.1. The van der Waals surface area contributed by atoms with E-state index in [0.29, 0.717) is 12.3 Å². The zero-order valence-electron chi connectivity index (χ0n) is 20.1. The van der Waals surface area contributed by atoms with E-state index in [1.807, 2.05) is 16.8 Å². The van der Waals surface area contributed by atoms with Crippen LogP contribution >= 0.6 is 0 Å². The van der Waals surface area contributed by atoms with Crippen LogP contribution in [0.15, 0.2) is 24.4 Å². The minimum Gasteiger partial charge on any atom is -0.477 e. The molecule has 3 aromatic heterocycles. The quantitative estimate of drug-likeness (QED) is 0.578. The van der Waals surface area contributed by atoms with Gasteiger partial charge in [0, 0.05) is 37.4 Å². The number of aromatic carboxylic acids is 1. The maximum Gasteiger partial charge on any atom is 0.354 e. The third-order valence-corrected chi connectivity index (χ3v) is 7.00. The van der Waals surface area contributed by atoms with Gasteiger partial charge in [-0.05, 0) is 55.4 Å². The molecule has 0 radical (unpaired) electrons. The monoisotopic (exact) mass is 474 g/mol. The second-order valence-corrected chi connectivity index (χ2v) is 9.71. The van der Waals surface area contributed by atoms with Gasteiger partial charge in [-0.2, -0.15) is 10.4 Å². The average Bonchev–Trinajstić information content (AvgIpc) is 3.29. The van der Waals surface area contributed by atoms with E-state index in [1.165, 1.54) is 0 Å². The highest BCUT2D eigenvalue weighted by Crippen LogP contribution is 2.37. The first-order valence-corrected chi connectivity index (χ1v) is 12.3. The molecule has 9 nitrogen and oxygen atoms in total. The Bertz CT molecular complexity index is 1260. The standard InChI is InChI=1S/C26H30N6O3/c1-16(2)24-23-20(18-5-6-22(28-14-18)31-9-7-17(13-27)8-10-31)12-21(26(33)34)29-25(23)32(30-24)19-4-3-11-35-15-19/h5-6,12,14,16-17,19H,3-4,7-11,15H2,1-2H3,(H,33,34). The summed E-state index contributed by atoms with van der Waals surface area (Å²) >= 11 is 0. The van der Waals surface area contributed by atoms with Crippen LogP contribution < -0.4 is 4.90 Å². The Morgan fingerprint density at radius 2 is 2.06 bits per heavy atom. The fraction of sp³-hybridized carbons (Fsp3) is 0.500. The predicted molar refractivity (Wildman–Crippen MR) is 131 cm³/mol. The lowest BCUT2D eigenvalue weighted by atomic mass is 9.97. The van der Waals surface area contributed by atoms with Crippen LogP contribution in [0.2, 0.25) is 0 Å². The maximum absolute atomic E-state index is 12.0. The van der Waals surface area contributed by atoms with Crippen molar-refractivity contribution in [2.45, 2.75) is 51.5 Å². The normalized spacial score (nSPS) is 19.3. The van der Waals surface area contributed by atoms with Crippen molar-refractivity contribution in [1.82, 2.24) is 19.7 Å². The number of hydrogen-bond acceptors (Lipinski definition) is 7. The minimum atomic E-state index is -1.07. The number of carboxylic acids is 1. The Kier molecular flexibility index (Phi) is 6.39. The number of fused-ring (bicyclic) bond motifs is 1. The second-order valence-electron chi connectivity index (χ2n) is 9.71. The van der Waals surface area contributed by atoms with Gasteiger partial charge >= 0.3 is 5.97 Å². The van der Waals surface area contributed by atoms with Gasteiger partial charge in [0.1, 0.15) is 5.82 Å². The number of pyridine rings is 2. The van der Waals surface area contributed by atoms with Gasteiger partial charge in [0.05, 0.1) is 29.8 Å². The van der Waals surface area contributed by atoms with Crippen LogP contribution in [0.4, 0.5) is 5.82 Å². The molecule has 0 aliphatic carbocycles. The van der Waals surface area contributed by atoms with Crippen molar-refractivity contribution >= 4 is 22.8 Å². The molecule has 0 saturated carbocycles. The SMILES string of the molecule is CC(C)c1nn(C2CCCOC2)c2nc(C(=O)O)cc(-c3ccc(N4CCC(C#N)CC4)nc3)c12. The number of aromatic nitrogens is 4. The number of nitriles is 1. The Balaban J connectivity index is 1.59. The second kappa shape index (κ2) is 9.62. The zero-order chi connectivity index (χ0) is 24.5. The number of rotatable bonds is 5. The number of nitrogens with zero attached hydrogens (tertiary/aromatic N) is 6. The summed E-state index contributed by atoms with van der Waals surface area (Å²) in [5, 5.41) is 24.8. The van der Waals surface area contributed by atoms with Gasteiger partial charge in [-0.3, -0.25) is 0 Å². The fourth-order valence-corrected chi connectivity index (χ4v) is 5.05. The maximum atomic E-state index is 12.0. The van der Waals surface area contributed by atoms with Gasteiger partial charge in [-0.15, -0.1) is 0 Å². The molecule has 0 bridgehead atoms. The number of carbonyl (C=O) groups is 1. The molecule has 1 N–H and O–H groups in total. The van der Waals surface area contributed by atoms with Crippen LogP contribution in [0, 0.1) is 17.2 Å². The summed E-state index contributed by atoms with van der Waals surface area (Å²) in [6.07, 6.45) is 5.34. The van der Waals surface area contributed by atoms with E-state index in [2.05, 4.69) is 29.8 Å². The van der Waals surface area contributed by atoms with Gasteiger partial charge in [-0.1, -0.05) is 13.8 Å². The predicted octanol–water partition coefficient (Wildman–Crippen LogP) is 4.41.